The van der Waals surface area contributed by atoms with E-state index >= 15 is 0 Å². The van der Waals surface area contributed by atoms with Gasteiger partial charge in [0.15, 0.2) is 0 Å². The van der Waals surface area contributed by atoms with Crippen molar-refractivity contribution in [2.75, 3.05) is 32.4 Å². The van der Waals surface area contributed by atoms with Crippen LogP contribution in [-0.2, 0) is 10.0 Å². The smallest absolute Gasteiger partial charge is 0.211 e. The lowest BCUT2D eigenvalue weighted by Gasteiger charge is -2.15. The molecular formula is C13H29N3O2S. The second kappa shape index (κ2) is 8.19. The van der Waals surface area contributed by atoms with Gasteiger partial charge >= 0.3 is 0 Å². The fraction of sp³-hybridized carbons (Fsp3) is 1.00. The number of nitrogens with zero attached hydrogens (tertiary/aromatic N) is 1. The van der Waals surface area contributed by atoms with Gasteiger partial charge < -0.3 is 10.2 Å². The van der Waals surface area contributed by atoms with Crippen molar-refractivity contribution in [2.24, 2.45) is 0 Å². The zero-order valence-corrected chi connectivity index (χ0v) is 13.3. The van der Waals surface area contributed by atoms with E-state index in [-0.39, 0.29) is 5.75 Å². The highest BCUT2D eigenvalue weighted by molar-refractivity contribution is 7.89. The van der Waals surface area contributed by atoms with Crippen LogP contribution in [0.5, 0.6) is 0 Å². The van der Waals surface area contributed by atoms with Crippen molar-refractivity contribution in [1.82, 2.24) is 14.9 Å². The Hall–Kier alpha value is -0.170. The third-order valence-corrected chi connectivity index (χ3v) is 4.82. The molecule has 0 spiro atoms. The summed E-state index contributed by atoms with van der Waals surface area (Å²) in [5.74, 6) is 0.236. The van der Waals surface area contributed by atoms with Crippen LogP contribution in [0, 0.1) is 0 Å². The molecule has 1 aliphatic rings. The SMILES string of the molecule is CC(C)NCCCCS(=O)(=O)NCCN(C)C1CC1. The topological polar surface area (TPSA) is 61.4 Å². The third-order valence-electron chi connectivity index (χ3n) is 3.35. The molecule has 6 heteroatoms. The first kappa shape index (κ1) is 16.9. The normalized spacial score (nSPS) is 16.5. The molecule has 0 aromatic heterocycles. The van der Waals surface area contributed by atoms with E-state index in [1.165, 1.54) is 12.8 Å². The molecule has 0 aromatic rings. The summed E-state index contributed by atoms with van der Waals surface area (Å²) < 4.78 is 26.2. The van der Waals surface area contributed by atoms with Crippen molar-refractivity contribution in [1.29, 1.82) is 0 Å². The van der Waals surface area contributed by atoms with Crippen molar-refractivity contribution in [2.45, 2.75) is 51.6 Å². The van der Waals surface area contributed by atoms with Gasteiger partial charge in [-0.2, -0.15) is 0 Å². The first-order valence-electron chi connectivity index (χ1n) is 7.31. The van der Waals surface area contributed by atoms with Crippen molar-refractivity contribution in [3.05, 3.63) is 0 Å². The van der Waals surface area contributed by atoms with Gasteiger partial charge in [-0.25, -0.2) is 13.1 Å². The maximum Gasteiger partial charge on any atom is 0.211 e. The summed E-state index contributed by atoms with van der Waals surface area (Å²) in [5.41, 5.74) is 0. The molecule has 19 heavy (non-hydrogen) atoms. The first-order valence-corrected chi connectivity index (χ1v) is 8.97. The van der Waals surface area contributed by atoms with Crippen LogP contribution in [0.1, 0.15) is 39.5 Å². The number of hydrogen-bond acceptors (Lipinski definition) is 4. The Bertz CT molecular complexity index is 340. The fourth-order valence-electron chi connectivity index (χ4n) is 1.96. The van der Waals surface area contributed by atoms with E-state index in [1.807, 2.05) is 0 Å². The molecule has 5 nitrogen and oxygen atoms in total. The predicted octanol–water partition coefficient (Wildman–Crippen LogP) is 0.778. The van der Waals surface area contributed by atoms with Crippen molar-refractivity contribution in [3.63, 3.8) is 0 Å². The number of unbranched alkanes of at least 4 members (excludes halogenated alkanes) is 1. The average molecular weight is 291 g/mol. The van der Waals surface area contributed by atoms with Gasteiger partial charge in [-0.15, -0.1) is 0 Å². The van der Waals surface area contributed by atoms with Crippen LogP contribution in [0.15, 0.2) is 0 Å². The molecule has 1 fully saturated rings. The van der Waals surface area contributed by atoms with E-state index in [0.717, 1.165) is 19.5 Å². The highest BCUT2D eigenvalue weighted by atomic mass is 32.2. The lowest BCUT2D eigenvalue weighted by atomic mass is 10.3. The highest BCUT2D eigenvalue weighted by Gasteiger charge is 2.25. The lowest BCUT2D eigenvalue weighted by molar-refractivity contribution is 0.329. The van der Waals surface area contributed by atoms with Crippen molar-refractivity contribution >= 4 is 10.0 Å². The Morgan fingerprint density at radius 1 is 1.21 bits per heavy atom. The molecule has 1 rings (SSSR count). The van der Waals surface area contributed by atoms with Gasteiger partial charge in [-0.05, 0) is 39.3 Å². The Labute approximate surface area is 118 Å². The molecule has 0 bridgehead atoms. The van der Waals surface area contributed by atoms with Crippen molar-refractivity contribution < 1.29 is 8.42 Å². The predicted molar refractivity (Wildman–Crippen MR) is 79.8 cm³/mol. The quantitative estimate of drug-likeness (QED) is 0.552. The first-order chi connectivity index (χ1) is 8.91. The van der Waals surface area contributed by atoms with Gasteiger partial charge in [0.25, 0.3) is 0 Å². The van der Waals surface area contributed by atoms with Crippen LogP contribution < -0.4 is 10.0 Å². The molecule has 0 radical (unpaired) electrons. The summed E-state index contributed by atoms with van der Waals surface area (Å²) in [6, 6.07) is 1.15. The summed E-state index contributed by atoms with van der Waals surface area (Å²) in [6.07, 6.45) is 4.13. The van der Waals surface area contributed by atoms with Crippen LogP contribution in [0.4, 0.5) is 0 Å². The fourth-order valence-corrected chi connectivity index (χ4v) is 3.09. The van der Waals surface area contributed by atoms with E-state index in [1.54, 1.807) is 0 Å². The Morgan fingerprint density at radius 3 is 2.47 bits per heavy atom. The number of hydrogen-bond donors (Lipinski definition) is 2. The molecule has 0 amide bonds. The van der Waals surface area contributed by atoms with Crippen LogP contribution in [0.3, 0.4) is 0 Å². The van der Waals surface area contributed by atoms with Gasteiger partial charge in [0.05, 0.1) is 5.75 Å². The lowest BCUT2D eigenvalue weighted by Crippen LogP contribution is -2.35. The summed E-state index contributed by atoms with van der Waals surface area (Å²) >= 11 is 0. The van der Waals surface area contributed by atoms with Gasteiger partial charge in [0, 0.05) is 25.2 Å². The van der Waals surface area contributed by atoms with E-state index in [0.29, 0.717) is 25.0 Å². The zero-order chi connectivity index (χ0) is 14.3. The minimum atomic E-state index is -3.09. The van der Waals surface area contributed by atoms with E-state index in [2.05, 4.69) is 35.8 Å². The van der Waals surface area contributed by atoms with Crippen LogP contribution in [0.25, 0.3) is 0 Å². The second-order valence-corrected chi connectivity index (χ2v) is 7.67. The molecular weight excluding hydrogens is 262 g/mol. The van der Waals surface area contributed by atoms with Crippen LogP contribution in [0.2, 0.25) is 0 Å². The molecule has 0 atom stereocenters. The van der Waals surface area contributed by atoms with E-state index < -0.39 is 10.0 Å². The van der Waals surface area contributed by atoms with E-state index in [9.17, 15) is 8.42 Å². The van der Waals surface area contributed by atoms with Gasteiger partial charge in [-0.3, -0.25) is 0 Å². The number of likely N-dealkylation sites (N-methyl/N-ethyl adjacent to an activating group) is 1. The zero-order valence-electron chi connectivity index (χ0n) is 12.5. The minimum Gasteiger partial charge on any atom is -0.315 e. The van der Waals surface area contributed by atoms with Crippen LogP contribution in [-0.4, -0.2) is 57.8 Å². The average Bonchev–Trinajstić information content (AvgIpc) is 3.11. The van der Waals surface area contributed by atoms with E-state index in [4.69, 9.17) is 0 Å². The van der Waals surface area contributed by atoms with Gasteiger partial charge in [0.1, 0.15) is 0 Å². The molecule has 0 aromatic carbocycles. The van der Waals surface area contributed by atoms with Gasteiger partial charge in [0.2, 0.25) is 10.0 Å². The molecule has 114 valence electrons. The van der Waals surface area contributed by atoms with Crippen molar-refractivity contribution in [3.8, 4) is 0 Å². The Balaban J connectivity index is 2.03. The number of rotatable bonds is 11. The standard InChI is InChI=1S/C13H29N3O2S/c1-12(2)14-8-4-5-11-19(17,18)15-9-10-16(3)13-6-7-13/h12-15H,4-11H2,1-3H3. The summed E-state index contributed by atoms with van der Waals surface area (Å²) in [6.45, 7) is 6.40. The monoisotopic (exact) mass is 291 g/mol. The van der Waals surface area contributed by atoms with Gasteiger partial charge in [-0.1, -0.05) is 13.8 Å². The summed E-state index contributed by atoms with van der Waals surface area (Å²) in [5, 5.41) is 3.29. The molecule has 0 saturated heterocycles. The maximum absolute atomic E-state index is 11.7. The van der Waals surface area contributed by atoms with Crippen LogP contribution >= 0.6 is 0 Å². The Kier molecular flexibility index (Phi) is 7.28. The summed E-state index contributed by atoms with van der Waals surface area (Å²) in [7, 11) is -1.03. The molecule has 0 aliphatic heterocycles. The summed E-state index contributed by atoms with van der Waals surface area (Å²) in [4.78, 5) is 2.23. The number of nitrogens with one attached hydrogen (secondary N) is 2. The molecule has 0 unspecified atom stereocenters. The maximum atomic E-state index is 11.7. The Morgan fingerprint density at radius 2 is 1.89 bits per heavy atom. The highest BCUT2D eigenvalue weighted by Crippen LogP contribution is 2.24. The molecule has 1 aliphatic carbocycles. The minimum absolute atomic E-state index is 0.236. The largest absolute Gasteiger partial charge is 0.315 e. The molecule has 0 heterocycles. The second-order valence-electron chi connectivity index (χ2n) is 5.74. The molecule has 2 N–H and O–H groups in total. The third kappa shape index (κ3) is 8.57. The number of sulfonamides is 1. The molecule has 1 saturated carbocycles.